The zero-order chi connectivity index (χ0) is 20.8. The number of halogens is 1. The molecule has 0 unspecified atom stereocenters. The molecule has 0 saturated carbocycles. The number of hydrogen-bond donors (Lipinski definition) is 2. The lowest BCUT2D eigenvalue weighted by Crippen LogP contribution is -2.31. The molecular weight excluding hydrogens is 396 g/mol. The van der Waals surface area contributed by atoms with E-state index in [9.17, 15) is 4.79 Å². The van der Waals surface area contributed by atoms with Crippen LogP contribution in [-0.2, 0) is 4.79 Å². The number of rotatable bonds is 10. The van der Waals surface area contributed by atoms with Crippen LogP contribution in [0.3, 0.4) is 0 Å². The molecule has 154 valence electrons. The molecule has 1 aromatic heterocycles. The van der Waals surface area contributed by atoms with Gasteiger partial charge in [-0.15, -0.1) is 0 Å². The van der Waals surface area contributed by atoms with Crippen molar-refractivity contribution < 1.29 is 9.90 Å². The normalized spacial score (nSPS) is 12.4. The monoisotopic (exact) mass is 424 g/mol. The van der Waals surface area contributed by atoms with E-state index < -0.39 is 5.97 Å². The zero-order valence-electron chi connectivity index (χ0n) is 17.1. The van der Waals surface area contributed by atoms with Crippen LogP contribution < -0.4 is 10.2 Å². The maximum atomic E-state index is 11.1. The summed E-state index contributed by atoms with van der Waals surface area (Å²) in [6, 6.07) is 6.12. The molecule has 0 aliphatic heterocycles. The Bertz CT molecular complexity index is 784. The third-order valence-electron chi connectivity index (χ3n) is 4.23. The number of anilines is 3. The number of aromatic nitrogens is 2. The van der Waals surface area contributed by atoms with Gasteiger partial charge in [-0.2, -0.15) is 9.36 Å². The van der Waals surface area contributed by atoms with Gasteiger partial charge in [-0.3, -0.25) is 4.79 Å². The summed E-state index contributed by atoms with van der Waals surface area (Å²) in [7, 11) is 0. The summed E-state index contributed by atoms with van der Waals surface area (Å²) in [4.78, 5) is 17.7. The summed E-state index contributed by atoms with van der Waals surface area (Å²) < 4.78 is 4.02. The first kappa shape index (κ1) is 22.4. The van der Waals surface area contributed by atoms with Gasteiger partial charge in [0.2, 0.25) is 10.4 Å². The second kappa shape index (κ2) is 10.1. The summed E-state index contributed by atoms with van der Waals surface area (Å²) >= 11 is 7.08. The van der Waals surface area contributed by atoms with E-state index in [-0.39, 0.29) is 17.6 Å². The highest BCUT2D eigenvalue weighted by Gasteiger charge is 2.18. The molecular formula is C20H29ClN4O2S. The van der Waals surface area contributed by atoms with Gasteiger partial charge in [0.05, 0.1) is 17.8 Å². The highest BCUT2D eigenvalue weighted by molar-refractivity contribution is 7.10. The van der Waals surface area contributed by atoms with E-state index in [1.54, 1.807) is 0 Å². The average Bonchev–Trinajstić information content (AvgIpc) is 2.97. The number of aliphatic carboxylic acids is 1. The van der Waals surface area contributed by atoms with Crippen LogP contribution >= 0.6 is 23.1 Å². The highest BCUT2D eigenvalue weighted by atomic mass is 35.5. The average molecular weight is 425 g/mol. The van der Waals surface area contributed by atoms with Crippen molar-refractivity contribution in [2.24, 2.45) is 11.8 Å². The van der Waals surface area contributed by atoms with Crippen molar-refractivity contribution in [3.63, 3.8) is 0 Å². The van der Waals surface area contributed by atoms with Crippen molar-refractivity contribution in [2.75, 3.05) is 23.3 Å². The van der Waals surface area contributed by atoms with Crippen LogP contribution in [-0.4, -0.2) is 33.5 Å². The number of nitrogens with zero attached hydrogens (tertiary/aromatic N) is 3. The minimum atomic E-state index is -0.803. The Balaban J connectivity index is 2.44. The fourth-order valence-corrected chi connectivity index (χ4v) is 3.86. The minimum Gasteiger partial charge on any atom is -0.481 e. The Labute approximate surface area is 176 Å². The minimum absolute atomic E-state index is 0.0884. The third kappa shape index (κ3) is 6.63. The molecule has 0 aliphatic rings. The summed E-state index contributed by atoms with van der Waals surface area (Å²) in [6.45, 7) is 12.6. The van der Waals surface area contributed by atoms with E-state index in [0.717, 1.165) is 30.0 Å². The van der Waals surface area contributed by atoms with E-state index in [1.807, 2.05) is 19.1 Å². The van der Waals surface area contributed by atoms with E-state index in [1.165, 1.54) is 11.5 Å². The predicted molar refractivity (Wildman–Crippen MR) is 117 cm³/mol. The fourth-order valence-electron chi connectivity index (χ4n) is 3.14. The Morgan fingerprint density at radius 1 is 1.21 bits per heavy atom. The lowest BCUT2D eigenvalue weighted by atomic mass is 9.96. The number of nitrogens with one attached hydrogen (secondary N) is 1. The Morgan fingerprint density at radius 3 is 2.36 bits per heavy atom. The molecule has 0 amide bonds. The lowest BCUT2D eigenvalue weighted by molar-refractivity contribution is -0.137. The molecule has 2 aromatic rings. The van der Waals surface area contributed by atoms with Gasteiger partial charge in [0, 0.05) is 24.6 Å². The first-order valence-electron chi connectivity index (χ1n) is 9.52. The summed E-state index contributed by atoms with van der Waals surface area (Å²) in [5, 5.41) is 13.3. The number of benzene rings is 1. The van der Waals surface area contributed by atoms with Gasteiger partial charge in [-0.1, -0.05) is 40.7 Å². The van der Waals surface area contributed by atoms with Crippen molar-refractivity contribution in [3.8, 4) is 0 Å². The van der Waals surface area contributed by atoms with Gasteiger partial charge in [-0.25, -0.2) is 0 Å². The van der Waals surface area contributed by atoms with Crippen LogP contribution in [0.1, 0.15) is 52.5 Å². The largest absolute Gasteiger partial charge is 0.481 e. The van der Waals surface area contributed by atoms with Crippen molar-refractivity contribution in [1.82, 2.24) is 9.36 Å². The van der Waals surface area contributed by atoms with Gasteiger partial charge in [0.25, 0.3) is 0 Å². The summed E-state index contributed by atoms with van der Waals surface area (Å²) in [5.74, 6) is 0.123. The van der Waals surface area contributed by atoms with Crippen molar-refractivity contribution in [3.05, 3.63) is 29.0 Å². The second-order valence-corrected chi connectivity index (χ2v) is 9.05. The molecule has 28 heavy (non-hydrogen) atoms. The van der Waals surface area contributed by atoms with Crippen molar-refractivity contribution in [1.29, 1.82) is 0 Å². The number of carboxylic acid groups (broad SMARTS) is 1. The summed E-state index contributed by atoms with van der Waals surface area (Å²) in [5.41, 5.74) is 2.93. The number of carbonyl (C=O) groups is 1. The van der Waals surface area contributed by atoms with E-state index in [2.05, 4.69) is 53.3 Å². The van der Waals surface area contributed by atoms with Crippen molar-refractivity contribution in [2.45, 2.75) is 47.0 Å². The third-order valence-corrected chi connectivity index (χ3v) is 5.12. The van der Waals surface area contributed by atoms with Crippen molar-refractivity contribution >= 4 is 45.6 Å². The molecule has 2 rings (SSSR count). The van der Waals surface area contributed by atoms with Crippen LogP contribution in [0.15, 0.2) is 18.2 Å². The predicted octanol–water partition coefficient (Wildman–Crippen LogP) is 5.63. The highest BCUT2D eigenvalue weighted by Crippen LogP contribution is 2.34. The molecule has 6 nitrogen and oxygen atoms in total. The molecule has 0 radical (unpaired) electrons. The molecule has 0 saturated heterocycles. The number of carboxylic acids is 1. The SMILES string of the molecule is CC(C)CN(CC(C)C)c1ccc([C@@H](C)CC(=O)O)cc1Nc1nc(Cl)ns1. The van der Waals surface area contributed by atoms with Crippen LogP contribution in [0.4, 0.5) is 16.5 Å². The molecule has 1 aromatic carbocycles. The maximum Gasteiger partial charge on any atom is 0.303 e. The summed E-state index contributed by atoms with van der Waals surface area (Å²) in [6.07, 6.45) is 0.0884. The quantitative estimate of drug-likeness (QED) is 0.514. The van der Waals surface area contributed by atoms with Gasteiger partial charge in [-0.05, 0) is 47.1 Å². The first-order chi connectivity index (χ1) is 13.2. The van der Waals surface area contributed by atoms with Crippen LogP contribution in [0.5, 0.6) is 0 Å². The van der Waals surface area contributed by atoms with Crippen LogP contribution in [0, 0.1) is 11.8 Å². The topological polar surface area (TPSA) is 78.4 Å². The molecule has 0 bridgehead atoms. The second-order valence-electron chi connectivity index (χ2n) is 7.96. The molecule has 1 atom stereocenters. The van der Waals surface area contributed by atoms with Crippen LogP contribution in [0.2, 0.25) is 5.28 Å². The Morgan fingerprint density at radius 2 is 1.86 bits per heavy atom. The van der Waals surface area contributed by atoms with E-state index in [0.29, 0.717) is 17.0 Å². The number of hydrogen-bond acceptors (Lipinski definition) is 6. The molecule has 0 fully saturated rings. The maximum absolute atomic E-state index is 11.1. The lowest BCUT2D eigenvalue weighted by Gasteiger charge is -2.31. The molecule has 2 N–H and O–H groups in total. The molecule has 0 aliphatic carbocycles. The first-order valence-corrected chi connectivity index (χ1v) is 10.7. The molecule has 0 spiro atoms. The zero-order valence-corrected chi connectivity index (χ0v) is 18.6. The van der Waals surface area contributed by atoms with Gasteiger partial charge >= 0.3 is 5.97 Å². The Hall–Kier alpha value is -1.86. The van der Waals surface area contributed by atoms with E-state index >= 15 is 0 Å². The standard InChI is InChI=1S/C20H29ClN4O2S/c1-12(2)10-25(11-13(3)4)17-7-6-15(14(5)8-18(26)27)9-16(17)22-20-23-19(21)24-28-20/h6-7,9,12-14H,8,10-11H2,1-5H3,(H,26,27)(H,22,23,24)/t14-/m0/s1. The van der Waals surface area contributed by atoms with Gasteiger partial charge < -0.3 is 15.3 Å². The van der Waals surface area contributed by atoms with Gasteiger partial charge in [0.15, 0.2) is 0 Å². The van der Waals surface area contributed by atoms with E-state index in [4.69, 9.17) is 16.7 Å². The smallest absolute Gasteiger partial charge is 0.303 e. The van der Waals surface area contributed by atoms with Gasteiger partial charge in [0.1, 0.15) is 0 Å². The molecule has 1 heterocycles. The Kier molecular flexibility index (Phi) is 8.07. The molecule has 8 heteroatoms. The fraction of sp³-hybridized carbons (Fsp3) is 0.550. The van der Waals surface area contributed by atoms with Crippen LogP contribution in [0.25, 0.3) is 0 Å².